The zero-order valence-electron chi connectivity index (χ0n) is 17.6. The van der Waals surface area contributed by atoms with Gasteiger partial charge >= 0.3 is 0 Å². The Balaban J connectivity index is 1.32. The van der Waals surface area contributed by atoms with Crippen LogP contribution in [0.1, 0.15) is 34.9 Å². The Labute approximate surface area is 178 Å². The monoisotopic (exact) mass is 421 g/mol. The molecule has 3 aromatic heterocycles. The van der Waals surface area contributed by atoms with Crippen molar-refractivity contribution >= 4 is 22.5 Å². The van der Waals surface area contributed by atoms with E-state index in [2.05, 4.69) is 20.4 Å². The fraction of sp³-hybridized carbons (Fsp3) is 0.381. The van der Waals surface area contributed by atoms with Crippen LogP contribution >= 0.6 is 0 Å². The van der Waals surface area contributed by atoms with Gasteiger partial charge in [0, 0.05) is 37.7 Å². The van der Waals surface area contributed by atoms with E-state index in [-0.39, 0.29) is 11.8 Å². The smallest absolute Gasteiger partial charge is 0.253 e. The van der Waals surface area contributed by atoms with Crippen LogP contribution in [-0.2, 0) is 7.05 Å². The number of fused-ring (bicyclic) bond motifs is 2. The summed E-state index contributed by atoms with van der Waals surface area (Å²) < 4.78 is 14.0. The second kappa shape index (κ2) is 7.53. The van der Waals surface area contributed by atoms with E-state index in [0.29, 0.717) is 36.1 Å². The molecule has 1 amide bonds. The summed E-state index contributed by atoms with van der Waals surface area (Å²) in [5.74, 6) is 2.20. The maximum atomic E-state index is 13.1. The lowest BCUT2D eigenvalue weighted by molar-refractivity contribution is 0.0711. The van der Waals surface area contributed by atoms with Gasteiger partial charge in [0.1, 0.15) is 0 Å². The van der Waals surface area contributed by atoms with Crippen molar-refractivity contribution < 1.29 is 14.3 Å². The summed E-state index contributed by atoms with van der Waals surface area (Å²) in [7, 11) is 5.02. The maximum Gasteiger partial charge on any atom is 0.253 e. The number of carbonyl (C=O) groups is 1. The number of carbonyl (C=O) groups excluding carboxylic acids is 1. The van der Waals surface area contributed by atoms with Gasteiger partial charge in [0.15, 0.2) is 11.5 Å². The van der Waals surface area contributed by atoms with E-state index < -0.39 is 0 Å². The molecule has 160 valence electrons. The SMILES string of the molecule is COc1ccc2nnc(C3CCN(C(=O)c4ccc5c(OC)n(C)nc5c4)CC3)n2n1. The first-order valence-electron chi connectivity index (χ1n) is 10.2. The van der Waals surface area contributed by atoms with E-state index in [9.17, 15) is 4.79 Å². The molecule has 1 saturated heterocycles. The highest BCUT2D eigenvalue weighted by molar-refractivity contribution is 5.98. The van der Waals surface area contributed by atoms with Gasteiger partial charge < -0.3 is 14.4 Å². The standard InChI is InChI=1S/C21H23N7O3/c1-26-21(31-3)15-5-4-14(12-16(15)24-26)20(29)27-10-8-13(9-11-27)19-23-22-17-6-7-18(30-2)25-28(17)19/h4-7,12-13H,8-11H2,1-3H3. The summed E-state index contributed by atoms with van der Waals surface area (Å²) >= 11 is 0. The molecular weight excluding hydrogens is 398 g/mol. The Morgan fingerprint density at radius 1 is 1.03 bits per heavy atom. The van der Waals surface area contributed by atoms with Crippen LogP contribution in [0.15, 0.2) is 30.3 Å². The third-order valence-electron chi connectivity index (χ3n) is 5.84. The number of piperidine rings is 1. The molecule has 0 atom stereocenters. The maximum absolute atomic E-state index is 13.1. The van der Waals surface area contributed by atoms with Gasteiger partial charge in [0.2, 0.25) is 11.8 Å². The predicted molar refractivity (Wildman–Crippen MR) is 112 cm³/mol. The van der Waals surface area contributed by atoms with Gasteiger partial charge in [-0.1, -0.05) is 0 Å². The molecule has 0 bridgehead atoms. The average molecular weight is 421 g/mol. The van der Waals surface area contributed by atoms with E-state index >= 15 is 0 Å². The molecule has 1 fully saturated rings. The Bertz CT molecular complexity index is 1270. The van der Waals surface area contributed by atoms with Crippen molar-refractivity contribution in [2.75, 3.05) is 27.3 Å². The first-order chi connectivity index (χ1) is 15.1. The number of aromatic nitrogens is 6. The molecular formula is C21H23N7O3. The minimum absolute atomic E-state index is 0.0101. The molecule has 0 N–H and O–H groups in total. The molecule has 0 unspecified atom stereocenters. The summed E-state index contributed by atoms with van der Waals surface area (Å²) in [5.41, 5.74) is 2.06. The minimum Gasteiger partial charge on any atom is -0.481 e. The lowest BCUT2D eigenvalue weighted by Gasteiger charge is -2.31. The Morgan fingerprint density at radius 3 is 2.58 bits per heavy atom. The molecule has 0 radical (unpaired) electrons. The quantitative estimate of drug-likeness (QED) is 0.497. The number of ether oxygens (including phenoxy) is 2. The number of hydrogen-bond acceptors (Lipinski definition) is 7. The van der Waals surface area contributed by atoms with Gasteiger partial charge in [0.25, 0.3) is 5.91 Å². The van der Waals surface area contributed by atoms with Crippen LogP contribution in [0.2, 0.25) is 0 Å². The largest absolute Gasteiger partial charge is 0.481 e. The Morgan fingerprint density at radius 2 is 1.84 bits per heavy atom. The molecule has 5 rings (SSSR count). The molecule has 31 heavy (non-hydrogen) atoms. The van der Waals surface area contributed by atoms with Crippen molar-refractivity contribution in [2.45, 2.75) is 18.8 Å². The van der Waals surface area contributed by atoms with Gasteiger partial charge in [-0.05, 0) is 37.1 Å². The normalized spacial score (nSPS) is 15.0. The van der Waals surface area contributed by atoms with E-state index in [4.69, 9.17) is 9.47 Å². The first kappa shape index (κ1) is 19.3. The van der Waals surface area contributed by atoms with Crippen molar-refractivity contribution in [2.24, 2.45) is 7.05 Å². The number of hydrogen-bond donors (Lipinski definition) is 0. The number of aryl methyl sites for hydroxylation is 1. The minimum atomic E-state index is 0.0101. The van der Waals surface area contributed by atoms with E-state index in [1.807, 2.05) is 36.2 Å². The molecule has 1 aromatic carbocycles. The van der Waals surface area contributed by atoms with E-state index in [0.717, 1.165) is 29.6 Å². The van der Waals surface area contributed by atoms with Gasteiger partial charge in [0.05, 0.1) is 25.1 Å². The molecule has 1 aliphatic rings. The van der Waals surface area contributed by atoms with Crippen LogP contribution in [0.3, 0.4) is 0 Å². The van der Waals surface area contributed by atoms with Crippen LogP contribution in [0.4, 0.5) is 0 Å². The highest BCUT2D eigenvalue weighted by Gasteiger charge is 2.28. The molecule has 4 aromatic rings. The van der Waals surface area contributed by atoms with Crippen LogP contribution in [0.5, 0.6) is 11.8 Å². The third-order valence-corrected chi connectivity index (χ3v) is 5.84. The van der Waals surface area contributed by atoms with Crippen molar-refractivity contribution in [1.82, 2.24) is 34.5 Å². The van der Waals surface area contributed by atoms with Gasteiger partial charge in [-0.25, -0.2) is 4.68 Å². The topological polar surface area (TPSA) is 99.7 Å². The Kier molecular flexibility index (Phi) is 4.68. The zero-order chi connectivity index (χ0) is 21.5. The fourth-order valence-electron chi connectivity index (χ4n) is 4.23. The first-order valence-corrected chi connectivity index (χ1v) is 10.2. The van der Waals surface area contributed by atoms with Crippen LogP contribution in [-0.4, -0.2) is 67.7 Å². The molecule has 10 heteroatoms. The molecule has 10 nitrogen and oxygen atoms in total. The summed E-state index contributed by atoms with van der Waals surface area (Å²) in [5, 5.41) is 18.3. The highest BCUT2D eigenvalue weighted by Crippen LogP contribution is 2.29. The lowest BCUT2D eigenvalue weighted by Crippen LogP contribution is -2.38. The van der Waals surface area contributed by atoms with Gasteiger partial charge in [-0.3, -0.25) is 4.79 Å². The molecule has 1 aliphatic heterocycles. The van der Waals surface area contributed by atoms with Crippen molar-refractivity contribution in [3.63, 3.8) is 0 Å². The Hall–Kier alpha value is -3.69. The van der Waals surface area contributed by atoms with Crippen LogP contribution < -0.4 is 9.47 Å². The van der Waals surface area contributed by atoms with Crippen LogP contribution in [0.25, 0.3) is 16.6 Å². The summed E-state index contributed by atoms with van der Waals surface area (Å²) in [6.07, 6.45) is 1.59. The highest BCUT2D eigenvalue weighted by atomic mass is 16.5. The van der Waals surface area contributed by atoms with E-state index in [1.54, 1.807) is 29.5 Å². The molecule has 0 spiro atoms. The summed E-state index contributed by atoms with van der Waals surface area (Å²) in [4.78, 5) is 15.0. The number of rotatable bonds is 4. The van der Waals surface area contributed by atoms with Crippen molar-refractivity contribution in [3.8, 4) is 11.8 Å². The number of likely N-dealkylation sites (tertiary alicyclic amines) is 1. The fourth-order valence-corrected chi connectivity index (χ4v) is 4.23. The number of methoxy groups -OCH3 is 2. The van der Waals surface area contributed by atoms with E-state index in [1.165, 1.54) is 0 Å². The number of nitrogens with zero attached hydrogens (tertiary/aromatic N) is 7. The number of benzene rings is 1. The third kappa shape index (κ3) is 3.24. The van der Waals surface area contributed by atoms with Crippen molar-refractivity contribution in [3.05, 3.63) is 41.7 Å². The van der Waals surface area contributed by atoms with Crippen LogP contribution in [0, 0.1) is 0 Å². The predicted octanol–water partition coefficient (Wildman–Crippen LogP) is 2.05. The average Bonchev–Trinajstić information content (AvgIpc) is 3.37. The summed E-state index contributed by atoms with van der Waals surface area (Å²) in [6, 6.07) is 9.16. The second-order valence-electron chi connectivity index (χ2n) is 7.64. The lowest BCUT2D eigenvalue weighted by atomic mass is 9.95. The zero-order valence-corrected chi connectivity index (χ0v) is 17.6. The molecule has 0 aliphatic carbocycles. The van der Waals surface area contributed by atoms with Gasteiger partial charge in [-0.2, -0.15) is 9.61 Å². The molecule has 0 saturated carbocycles. The molecule has 4 heterocycles. The van der Waals surface area contributed by atoms with Gasteiger partial charge in [-0.15, -0.1) is 15.3 Å². The number of amides is 1. The van der Waals surface area contributed by atoms with Crippen molar-refractivity contribution in [1.29, 1.82) is 0 Å². The second-order valence-corrected chi connectivity index (χ2v) is 7.64. The summed E-state index contributed by atoms with van der Waals surface area (Å²) in [6.45, 7) is 1.29.